The van der Waals surface area contributed by atoms with Gasteiger partial charge in [0.1, 0.15) is 5.82 Å². The first-order valence-corrected chi connectivity index (χ1v) is 6.51. The van der Waals surface area contributed by atoms with E-state index >= 15 is 0 Å². The molecule has 0 radical (unpaired) electrons. The van der Waals surface area contributed by atoms with Crippen LogP contribution < -0.4 is 5.73 Å². The second-order valence-electron chi connectivity index (χ2n) is 5.50. The molecule has 0 aliphatic heterocycles. The topological polar surface area (TPSA) is 46.3 Å². The largest absolute Gasteiger partial charge is 0.345 e. The van der Waals surface area contributed by atoms with Crippen molar-refractivity contribution in [2.45, 2.75) is 20.3 Å². The Labute approximate surface area is 118 Å². The zero-order chi connectivity index (χ0) is 14.6. The van der Waals surface area contributed by atoms with Crippen LogP contribution in [-0.2, 0) is 11.2 Å². The van der Waals surface area contributed by atoms with Gasteiger partial charge in [0.15, 0.2) is 0 Å². The van der Waals surface area contributed by atoms with Crippen LogP contribution in [0.3, 0.4) is 0 Å². The number of carbonyl (C=O) groups excluding carboxylic acids is 1. The highest BCUT2D eigenvalue weighted by Gasteiger charge is 2.22. The van der Waals surface area contributed by atoms with E-state index < -0.39 is 5.82 Å². The van der Waals surface area contributed by atoms with E-state index in [-0.39, 0.29) is 28.3 Å². The van der Waals surface area contributed by atoms with Gasteiger partial charge in [-0.25, -0.2) is 4.39 Å². The lowest BCUT2D eigenvalue weighted by Gasteiger charge is -2.29. The van der Waals surface area contributed by atoms with E-state index in [0.717, 1.165) is 0 Å². The number of hydrogen-bond donors (Lipinski definition) is 1. The molecule has 0 aromatic heterocycles. The molecule has 106 valence electrons. The van der Waals surface area contributed by atoms with Crippen molar-refractivity contribution >= 4 is 17.5 Å². The van der Waals surface area contributed by atoms with Gasteiger partial charge in [-0.1, -0.05) is 31.5 Å². The van der Waals surface area contributed by atoms with Gasteiger partial charge < -0.3 is 10.6 Å². The summed E-state index contributed by atoms with van der Waals surface area (Å²) in [6.45, 7) is 4.96. The van der Waals surface area contributed by atoms with Crippen LogP contribution in [0, 0.1) is 11.2 Å². The maximum absolute atomic E-state index is 13.6. The Morgan fingerprint density at radius 1 is 1.47 bits per heavy atom. The first-order chi connectivity index (χ1) is 8.76. The number of rotatable bonds is 5. The highest BCUT2D eigenvalue weighted by molar-refractivity contribution is 6.31. The molecule has 0 heterocycles. The molecule has 5 heteroatoms. The minimum absolute atomic E-state index is 0.0390. The molecule has 0 aliphatic carbocycles. The summed E-state index contributed by atoms with van der Waals surface area (Å²) in [5.41, 5.74) is 5.72. The molecule has 3 nitrogen and oxygen atoms in total. The second-order valence-corrected chi connectivity index (χ2v) is 5.90. The number of benzene rings is 1. The lowest BCUT2D eigenvalue weighted by molar-refractivity contribution is -0.130. The van der Waals surface area contributed by atoms with Gasteiger partial charge in [0.25, 0.3) is 0 Å². The van der Waals surface area contributed by atoms with E-state index in [2.05, 4.69) is 0 Å². The SMILES string of the molecule is CN(CC(C)(C)CN)C(=O)Cc1c(F)cccc1Cl. The summed E-state index contributed by atoms with van der Waals surface area (Å²) in [6.07, 6.45) is -0.0390. The Morgan fingerprint density at radius 2 is 2.11 bits per heavy atom. The van der Waals surface area contributed by atoms with Crippen LogP contribution in [0.25, 0.3) is 0 Å². The van der Waals surface area contributed by atoms with Crippen molar-refractivity contribution in [3.05, 3.63) is 34.6 Å². The number of likely N-dealkylation sites (N-methyl/N-ethyl adjacent to an activating group) is 1. The molecule has 0 aliphatic rings. The predicted molar refractivity (Wildman–Crippen MR) is 75.6 cm³/mol. The van der Waals surface area contributed by atoms with Crippen LogP contribution in [0.15, 0.2) is 18.2 Å². The van der Waals surface area contributed by atoms with Gasteiger partial charge in [0.05, 0.1) is 6.42 Å². The smallest absolute Gasteiger partial charge is 0.226 e. The third-order valence-corrected chi connectivity index (χ3v) is 3.39. The van der Waals surface area contributed by atoms with Gasteiger partial charge in [0, 0.05) is 24.2 Å². The van der Waals surface area contributed by atoms with Gasteiger partial charge in [-0.3, -0.25) is 4.79 Å². The molecule has 1 aromatic rings. The Bertz CT molecular complexity index is 443. The van der Waals surface area contributed by atoms with Crippen molar-refractivity contribution in [3.63, 3.8) is 0 Å². The molecule has 1 aromatic carbocycles. The van der Waals surface area contributed by atoms with Gasteiger partial charge in [-0.15, -0.1) is 0 Å². The van der Waals surface area contributed by atoms with Crippen LogP contribution in [0.2, 0.25) is 5.02 Å². The fourth-order valence-corrected chi connectivity index (χ4v) is 2.01. The van der Waals surface area contributed by atoms with E-state index in [9.17, 15) is 9.18 Å². The third-order valence-electron chi connectivity index (χ3n) is 3.03. The van der Waals surface area contributed by atoms with E-state index in [1.54, 1.807) is 18.0 Å². The highest BCUT2D eigenvalue weighted by Crippen LogP contribution is 2.21. The molecule has 0 fully saturated rings. The van der Waals surface area contributed by atoms with Crippen molar-refractivity contribution in [2.24, 2.45) is 11.1 Å². The average molecular weight is 287 g/mol. The molecule has 0 unspecified atom stereocenters. The monoisotopic (exact) mass is 286 g/mol. The molecule has 19 heavy (non-hydrogen) atoms. The number of nitrogens with zero attached hydrogens (tertiary/aromatic N) is 1. The van der Waals surface area contributed by atoms with Gasteiger partial charge in [-0.2, -0.15) is 0 Å². The fourth-order valence-electron chi connectivity index (χ4n) is 1.78. The molecule has 0 saturated heterocycles. The van der Waals surface area contributed by atoms with Crippen LogP contribution in [0.4, 0.5) is 4.39 Å². The zero-order valence-electron chi connectivity index (χ0n) is 11.5. The van der Waals surface area contributed by atoms with E-state index in [1.807, 2.05) is 13.8 Å². The number of hydrogen-bond acceptors (Lipinski definition) is 2. The van der Waals surface area contributed by atoms with Crippen molar-refractivity contribution in [1.82, 2.24) is 4.90 Å². The van der Waals surface area contributed by atoms with Crippen LogP contribution in [0.1, 0.15) is 19.4 Å². The van der Waals surface area contributed by atoms with Gasteiger partial charge in [-0.05, 0) is 24.1 Å². The number of carbonyl (C=O) groups is 1. The fraction of sp³-hybridized carbons (Fsp3) is 0.500. The Morgan fingerprint density at radius 3 is 2.63 bits per heavy atom. The molecular weight excluding hydrogens is 267 g/mol. The van der Waals surface area contributed by atoms with Gasteiger partial charge in [0.2, 0.25) is 5.91 Å². The van der Waals surface area contributed by atoms with Crippen molar-refractivity contribution < 1.29 is 9.18 Å². The quantitative estimate of drug-likeness (QED) is 0.904. The molecular formula is C14H20ClFN2O. The third kappa shape index (κ3) is 4.48. The van der Waals surface area contributed by atoms with Crippen molar-refractivity contribution in [1.29, 1.82) is 0 Å². The van der Waals surface area contributed by atoms with E-state index in [4.69, 9.17) is 17.3 Å². The number of nitrogens with two attached hydrogens (primary N) is 1. The lowest BCUT2D eigenvalue weighted by atomic mass is 9.93. The average Bonchev–Trinajstić information content (AvgIpc) is 2.33. The Hall–Kier alpha value is -1.13. The molecule has 1 amide bonds. The summed E-state index contributed by atoms with van der Waals surface area (Å²) in [4.78, 5) is 13.6. The Kier molecular flexibility index (Phi) is 5.32. The maximum Gasteiger partial charge on any atom is 0.226 e. The second kappa shape index (κ2) is 6.35. The summed E-state index contributed by atoms with van der Waals surface area (Å²) in [7, 11) is 1.69. The van der Waals surface area contributed by atoms with E-state index in [1.165, 1.54) is 12.1 Å². The van der Waals surface area contributed by atoms with Crippen LogP contribution in [0.5, 0.6) is 0 Å². The summed E-state index contributed by atoms with van der Waals surface area (Å²) >= 11 is 5.91. The minimum atomic E-state index is -0.452. The normalized spacial score (nSPS) is 11.5. The summed E-state index contributed by atoms with van der Waals surface area (Å²) in [6, 6.07) is 4.41. The number of halogens is 2. The molecule has 0 atom stereocenters. The van der Waals surface area contributed by atoms with Crippen LogP contribution >= 0.6 is 11.6 Å². The standard InChI is InChI=1S/C14H20ClFN2O/c1-14(2,8-17)9-18(3)13(19)7-10-11(15)5-4-6-12(10)16/h4-6H,7-9,17H2,1-3H3. The Balaban J connectivity index is 2.75. The lowest BCUT2D eigenvalue weighted by Crippen LogP contribution is -2.40. The summed E-state index contributed by atoms with van der Waals surface area (Å²) < 4.78 is 13.6. The van der Waals surface area contributed by atoms with Crippen molar-refractivity contribution in [2.75, 3.05) is 20.1 Å². The minimum Gasteiger partial charge on any atom is -0.345 e. The molecule has 1 rings (SSSR count). The predicted octanol–water partition coefficient (Wildman–Crippen LogP) is 2.46. The summed E-state index contributed by atoms with van der Waals surface area (Å²) in [5, 5.41) is 0.278. The molecule has 0 spiro atoms. The van der Waals surface area contributed by atoms with Crippen molar-refractivity contribution in [3.8, 4) is 0 Å². The molecule has 0 bridgehead atoms. The highest BCUT2D eigenvalue weighted by atomic mass is 35.5. The first-order valence-electron chi connectivity index (χ1n) is 6.14. The zero-order valence-corrected chi connectivity index (χ0v) is 12.3. The van der Waals surface area contributed by atoms with Crippen LogP contribution in [-0.4, -0.2) is 30.9 Å². The molecule has 2 N–H and O–H groups in total. The first kappa shape index (κ1) is 15.9. The van der Waals surface area contributed by atoms with Gasteiger partial charge >= 0.3 is 0 Å². The number of amides is 1. The van der Waals surface area contributed by atoms with E-state index in [0.29, 0.717) is 13.1 Å². The maximum atomic E-state index is 13.6. The summed E-state index contributed by atoms with van der Waals surface area (Å²) in [5.74, 6) is -0.624. The molecule has 0 saturated carbocycles.